The van der Waals surface area contributed by atoms with Crippen LogP contribution in [0.15, 0.2) is 28.1 Å². The van der Waals surface area contributed by atoms with Crippen LogP contribution in [-0.2, 0) is 6.54 Å². The van der Waals surface area contributed by atoms with Gasteiger partial charge >= 0.3 is 0 Å². The topological polar surface area (TPSA) is 48.1 Å². The molecule has 3 nitrogen and oxygen atoms in total. The maximum atomic E-state index is 5.68. The van der Waals surface area contributed by atoms with E-state index >= 15 is 0 Å². The van der Waals surface area contributed by atoms with Crippen LogP contribution in [0, 0.1) is 6.92 Å². The van der Waals surface area contributed by atoms with Crippen LogP contribution in [0.3, 0.4) is 0 Å². The number of aryl methyl sites for hydroxylation is 1. The molecule has 2 rings (SSSR count). The van der Waals surface area contributed by atoms with Crippen LogP contribution >= 0.6 is 27.3 Å². The van der Waals surface area contributed by atoms with Gasteiger partial charge in [0.1, 0.15) is 5.75 Å². The first kappa shape index (κ1) is 11.6. The highest BCUT2D eigenvalue weighted by Crippen LogP contribution is 2.29. The molecule has 0 bridgehead atoms. The molecule has 0 radical (unpaired) electrons. The Hall–Kier alpha value is -0.910. The van der Waals surface area contributed by atoms with Gasteiger partial charge in [0.05, 0.1) is 5.69 Å². The smallest absolute Gasteiger partial charge is 0.278 e. The van der Waals surface area contributed by atoms with Crippen molar-refractivity contribution in [3.8, 4) is 10.9 Å². The fourth-order valence-corrected chi connectivity index (χ4v) is 2.35. The van der Waals surface area contributed by atoms with Crippen LogP contribution in [0.4, 0.5) is 0 Å². The molecule has 84 valence electrons. The summed E-state index contributed by atoms with van der Waals surface area (Å²) >= 11 is 4.88. The molecule has 0 amide bonds. The Morgan fingerprint density at radius 2 is 2.31 bits per heavy atom. The Labute approximate surface area is 106 Å². The number of nitrogens with zero attached hydrogens (tertiary/aromatic N) is 1. The van der Waals surface area contributed by atoms with E-state index in [1.165, 1.54) is 11.3 Å². The molecule has 2 N–H and O–H groups in total. The summed E-state index contributed by atoms with van der Waals surface area (Å²) in [5.41, 5.74) is 7.59. The molecule has 0 saturated carbocycles. The van der Waals surface area contributed by atoms with Crippen LogP contribution in [0.1, 0.15) is 11.3 Å². The van der Waals surface area contributed by atoms with Gasteiger partial charge in [0.25, 0.3) is 5.19 Å². The van der Waals surface area contributed by atoms with Gasteiger partial charge in [-0.15, -0.1) is 0 Å². The summed E-state index contributed by atoms with van der Waals surface area (Å²) < 4.78 is 6.68. The summed E-state index contributed by atoms with van der Waals surface area (Å²) in [5, 5.41) is 2.60. The zero-order valence-electron chi connectivity index (χ0n) is 8.74. The van der Waals surface area contributed by atoms with Gasteiger partial charge < -0.3 is 10.5 Å². The second-order valence-electron chi connectivity index (χ2n) is 3.31. The summed E-state index contributed by atoms with van der Waals surface area (Å²) in [4.78, 5) is 4.25. The minimum Gasteiger partial charge on any atom is -0.431 e. The van der Waals surface area contributed by atoms with E-state index < -0.39 is 0 Å². The molecular weight excluding hydrogens is 288 g/mol. The van der Waals surface area contributed by atoms with Gasteiger partial charge in [0.2, 0.25) is 0 Å². The van der Waals surface area contributed by atoms with Gasteiger partial charge in [-0.1, -0.05) is 27.3 Å². The molecule has 0 aliphatic heterocycles. The summed E-state index contributed by atoms with van der Waals surface area (Å²) in [7, 11) is 0. The number of nitrogens with two attached hydrogens (primary N) is 1. The fourth-order valence-electron chi connectivity index (χ4n) is 1.28. The second-order valence-corrected chi connectivity index (χ2v) is 5.05. The maximum Gasteiger partial charge on any atom is 0.278 e. The zero-order chi connectivity index (χ0) is 11.5. The number of aromatic nitrogens is 1. The van der Waals surface area contributed by atoms with Crippen LogP contribution in [-0.4, -0.2) is 4.98 Å². The van der Waals surface area contributed by atoms with Crippen molar-refractivity contribution in [2.75, 3.05) is 0 Å². The van der Waals surface area contributed by atoms with Gasteiger partial charge in [-0.2, -0.15) is 0 Å². The standard InChI is InChI=1S/C11H11BrN2OS/c1-7-6-16-11(14-7)15-10-3-2-9(12)4-8(10)5-13/h2-4,6H,5,13H2,1H3. The number of thiazole rings is 1. The normalized spacial score (nSPS) is 10.4. The van der Waals surface area contributed by atoms with Crippen molar-refractivity contribution in [3.63, 3.8) is 0 Å². The van der Waals surface area contributed by atoms with Crippen LogP contribution in [0.25, 0.3) is 0 Å². The summed E-state index contributed by atoms with van der Waals surface area (Å²) in [5.74, 6) is 0.764. The number of benzene rings is 1. The minimum atomic E-state index is 0.444. The third-order valence-electron chi connectivity index (χ3n) is 2.04. The zero-order valence-corrected chi connectivity index (χ0v) is 11.1. The molecule has 5 heteroatoms. The van der Waals surface area contributed by atoms with Crippen LogP contribution < -0.4 is 10.5 Å². The predicted octanol–water partition coefficient (Wildman–Crippen LogP) is 3.47. The molecule has 0 unspecified atom stereocenters. The van der Waals surface area contributed by atoms with Crippen molar-refractivity contribution in [3.05, 3.63) is 39.3 Å². The van der Waals surface area contributed by atoms with Gasteiger partial charge in [-0.25, -0.2) is 4.98 Å². The lowest BCUT2D eigenvalue weighted by molar-refractivity contribution is 0.471. The lowest BCUT2D eigenvalue weighted by atomic mass is 10.2. The van der Waals surface area contributed by atoms with Crippen molar-refractivity contribution in [2.24, 2.45) is 5.73 Å². The monoisotopic (exact) mass is 298 g/mol. The molecule has 0 saturated heterocycles. The van der Waals surface area contributed by atoms with Crippen molar-refractivity contribution >= 4 is 27.3 Å². The number of ether oxygens (including phenoxy) is 1. The highest BCUT2D eigenvalue weighted by molar-refractivity contribution is 9.10. The molecule has 0 aliphatic carbocycles. The maximum absolute atomic E-state index is 5.68. The Bertz CT molecular complexity index is 498. The van der Waals surface area contributed by atoms with E-state index in [-0.39, 0.29) is 0 Å². The van der Waals surface area contributed by atoms with Crippen molar-refractivity contribution in [2.45, 2.75) is 13.5 Å². The third kappa shape index (κ3) is 2.61. The van der Waals surface area contributed by atoms with Gasteiger partial charge in [0, 0.05) is 22.0 Å². The van der Waals surface area contributed by atoms with E-state index in [0.29, 0.717) is 11.7 Å². The Kier molecular flexibility index (Phi) is 3.58. The van der Waals surface area contributed by atoms with E-state index in [1.54, 1.807) is 0 Å². The number of halogens is 1. The predicted molar refractivity (Wildman–Crippen MR) is 69.0 cm³/mol. The lowest BCUT2D eigenvalue weighted by Gasteiger charge is -2.07. The van der Waals surface area contributed by atoms with Crippen LogP contribution in [0.5, 0.6) is 10.9 Å². The first-order valence-corrected chi connectivity index (χ1v) is 6.45. The Balaban J connectivity index is 2.27. The highest BCUT2D eigenvalue weighted by Gasteiger charge is 2.06. The van der Waals surface area contributed by atoms with Crippen LogP contribution in [0.2, 0.25) is 0 Å². The Morgan fingerprint density at radius 1 is 1.50 bits per heavy atom. The lowest BCUT2D eigenvalue weighted by Crippen LogP contribution is -1.99. The number of rotatable bonds is 3. The first-order chi connectivity index (χ1) is 7.69. The quantitative estimate of drug-likeness (QED) is 0.944. The molecule has 16 heavy (non-hydrogen) atoms. The van der Waals surface area contributed by atoms with Gasteiger partial charge in [0.15, 0.2) is 0 Å². The molecule has 0 atom stereocenters. The number of hydrogen-bond acceptors (Lipinski definition) is 4. The summed E-state index contributed by atoms with van der Waals surface area (Å²) in [6.45, 7) is 2.38. The summed E-state index contributed by atoms with van der Waals surface area (Å²) in [6, 6.07) is 5.77. The second kappa shape index (κ2) is 4.95. The molecule has 0 spiro atoms. The molecule has 2 aromatic rings. The molecule has 0 aliphatic rings. The van der Waals surface area contributed by atoms with Crippen molar-refractivity contribution < 1.29 is 4.74 Å². The average molecular weight is 299 g/mol. The van der Waals surface area contributed by atoms with E-state index in [9.17, 15) is 0 Å². The third-order valence-corrected chi connectivity index (χ3v) is 3.37. The first-order valence-electron chi connectivity index (χ1n) is 4.77. The molecule has 1 aromatic carbocycles. The molecule has 1 aromatic heterocycles. The Morgan fingerprint density at radius 3 is 2.94 bits per heavy atom. The van der Waals surface area contributed by atoms with E-state index in [1.807, 2.05) is 30.5 Å². The minimum absolute atomic E-state index is 0.444. The summed E-state index contributed by atoms with van der Waals surface area (Å²) in [6.07, 6.45) is 0. The van der Waals surface area contributed by atoms with Crippen molar-refractivity contribution in [1.82, 2.24) is 4.98 Å². The van der Waals surface area contributed by atoms with Gasteiger partial charge in [-0.3, -0.25) is 0 Å². The van der Waals surface area contributed by atoms with E-state index in [2.05, 4.69) is 20.9 Å². The molecule has 0 fully saturated rings. The fraction of sp³-hybridized carbons (Fsp3) is 0.182. The van der Waals surface area contributed by atoms with E-state index in [0.717, 1.165) is 21.5 Å². The van der Waals surface area contributed by atoms with E-state index in [4.69, 9.17) is 10.5 Å². The number of hydrogen-bond donors (Lipinski definition) is 1. The SMILES string of the molecule is Cc1csc(Oc2ccc(Br)cc2CN)n1. The largest absolute Gasteiger partial charge is 0.431 e. The molecule has 1 heterocycles. The molecular formula is C11H11BrN2OS. The van der Waals surface area contributed by atoms with Crippen molar-refractivity contribution in [1.29, 1.82) is 0 Å². The van der Waals surface area contributed by atoms with Gasteiger partial charge in [-0.05, 0) is 25.1 Å². The highest BCUT2D eigenvalue weighted by atomic mass is 79.9. The average Bonchev–Trinajstić information content (AvgIpc) is 2.67.